The molecule has 0 radical (unpaired) electrons. The maximum Gasteiger partial charge on any atom is 0.244 e. The predicted molar refractivity (Wildman–Crippen MR) is 121 cm³/mol. The SMILES string of the molecule is CCCN(CC(=O)Nc1ccccc1C)C(=O)CSc1nccn1-c1cccc(F)c1. The van der Waals surface area contributed by atoms with E-state index < -0.39 is 0 Å². The molecule has 0 aliphatic rings. The van der Waals surface area contributed by atoms with Gasteiger partial charge in [-0.2, -0.15) is 0 Å². The van der Waals surface area contributed by atoms with E-state index in [9.17, 15) is 14.0 Å². The number of hydrogen-bond donors (Lipinski definition) is 1. The van der Waals surface area contributed by atoms with E-state index in [2.05, 4.69) is 10.3 Å². The van der Waals surface area contributed by atoms with Crippen molar-refractivity contribution in [2.75, 3.05) is 24.2 Å². The van der Waals surface area contributed by atoms with Gasteiger partial charge in [0.1, 0.15) is 5.82 Å². The van der Waals surface area contributed by atoms with E-state index in [-0.39, 0.29) is 29.9 Å². The van der Waals surface area contributed by atoms with Crippen LogP contribution in [0.4, 0.5) is 10.1 Å². The van der Waals surface area contributed by atoms with Crippen LogP contribution < -0.4 is 5.32 Å². The van der Waals surface area contributed by atoms with Gasteiger partial charge in [0, 0.05) is 24.6 Å². The zero-order valence-electron chi connectivity index (χ0n) is 17.5. The topological polar surface area (TPSA) is 67.2 Å². The van der Waals surface area contributed by atoms with Crippen molar-refractivity contribution in [1.29, 1.82) is 0 Å². The molecule has 2 aromatic carbocycles. The van der Waals surface area contributed by atoms with Crippen molar-refractivity contribution >= 4 is 29.3 Å². The van der Waals surface area contributed by atoms with Gasteiger partial charge in [0.05, 0.1) is 18.0 Å². The molecule has 0 saturated carbocycles. The van der Waals surface area contributed by atoms with Gasteiger partial charge in [-0.3, -0.25) is 14.2 Å². The van der Waals surface area contributed by atoms with Crippen molar-refractivity contribution < 1.29 is 14.0 Å². The van der Waals surface area contributed by atoms with Gasteiger partial charge in [-0.1, -0.05) is 43.0 Å². The average Bonchev–Trinajstić information content (AvgIpc) is 3.22. The molecular weight excluding hydrogens is 415 g/mol. The molecule has 31 heavy (non-hydrogen) atoms. The highest BCUT2D eigenvalue weighted by Crippen LogP contribution is 2.21. The fourth-order valence-corrected chi connectivity index (χ4v) is 3.95. The molecule has 0 spiro atoms. The second kappa shape index (κ2) is 10.8. The second-order valence-corrected chi connectivity index (χ2v) is 7.97. The van der Waals surface area contributed by atoms with Crippen LogP contribution in [0.2, 0.25) is 0 Å². The number of carbonyl (C=O) groups excluding carboxylic acids is 2. The maximum absolute atomic E-state index is 13.6. The number of aromatic nitrogens is 2. The summed E-state index contributed by atoms with van der Waals surface area (Å²) in [5, 5.41) is 3.45. The first-order valence-electron chi connectivity index (χ1n) is 10.0. The molecule has 3 rings (SSSR count). The summed E-state index contributed by atoms with van der Waals surface area (Å²) >= 11 is 1.26. The zero-order chi connectivity index (χ0) is 22.2. The van der Waals surface area contributed by atoms with Crippen molar-refractivity contribution in [2.45, 2.75) is 25.4 Å². The minimum Gasteiger partial charge on any atom is -0.333 e. The van der Waals surface area contributed by atoms with Crippen LogP contribution in [0.25, 0.3) is 5.69 Å². The second-order valence-electron chi connectivity index (χ2n) is 7.03. The van der Waals surface area contributed by atoms with Crippen molar-refractivity contribution in [3.05, 3.63) is 72.3 Å². The number of nitrogens with zero attached hydrogens (tertiary/aromatic N) is 3. The Hall–Kier alpha value is -3.13. The molecule has 2 amide bonds. The Morgan fingerprint density at radius 2 is 2.00 bits per heavy atom. The molecule has 0 saturated heterocycles. The Labute approximate surface area is 185 Å². The largest absolute Gasteiger partial charge is 0.333 e. The maximum atomic E-state index is 13.6. The minimum absolute atomic E-state index is 0.0140. The molecule has 6 nitrogen and oxygen atoms in total. The lowest BCUT2D eigenvalue weighted by Crippen LogP contribution is -2.39. The molecule has 162 valence electrons. The van der Waals surface area contributed by atoms with E-state index in [1.165, 1.54) is 23.9 Å². The lowest BCUT2D eigenvalue weighted by Gasteiger charge is -2.21. The quantitative estimate of drug-likeness (QED) is 0.504. The van der Waals surface area contributed by atoms with Gasteiger partial charge in [-0.25, -0.2) is 9.37 Å². The number of imidazole rings is 1. The van der Waals surface area contributed by atoms with Gasteiger partial charge in [-0.05, 0) is 43.2 Å². The third kappa shape index (κ3) is 6.18. The minimum atomic E-state index is -0.341. The summed E-state index contributed by atoms with van der Waals surface area (Å²) in [6.45, 7) is 4.35. The Balaban J connectivity index is 1.62. The van der Waals surface area contributed by atoms with Gasteiger partial charge in [0.2, 0.25) is 11.8 Å². The van der Waals surface area contributed by atoms with E-state index in [0.29, 0.717) is 17.4 Å². The number of para-hydroxylation sites is 1. The van der Waals surface area contributed by atoms with E-state index in [0.717, 1.165) is 17.7 Å². The van der Waals surface area contributed by atoms with E-state index >= 15 is 0 Å². The van der Waals surface area contributed by atoms with Gasteiger partial charge in [0.25, 0.3) is 0 Å². The summed E-state index contributed by atoms with van der Waals surface area (Å²) in [4.78, 5) is 31.1. The Morgan fingerprint density at radius 1 is 1.19 bits per heavy atom. The number of carbonyl (C=O) groups is 2. The molecule has 0 aliphatic heterocycles. The Bertz CT molecular complexity index is 1050. The van der Waals surface area contributed by atoms with Crippen molar-refractivity contribution in [2.24, 2.45) is 0 Å². The van der Waals surface area contributed by atoms with Crippen LogP contribution in [0.5, 0.6) is 0 Å². The summed E-state index contributed by atoms with van der Waals surface area (Å²) in [7, 11) is 0. The highest BCUT2D eigenvalue weighted by molar-refractivity contribution is 7.99. The monoisotopic (exact) mass is 440 g/mol. The number of thioether (sulfide) groups is 1. The van der Waals surface area contributed by atoms with Crippen LogP contribution >= 0.6 is 11.8 Å². The van der Waals surface area contributed by atoms with Crippen molar-refractivity contribution in [3.63, 3.8) is 0 Å². The van der Waals surface area contributed by atoms with Gasteiger partial charge in [0.15, 0.2) is 5.16 Å². The summed E-state index contributed by atoms with van der Waals surface area (Å²) < 4.78 is 15.3. The number of aryl methyl sites for hydroxylation is 1. The lowest BCUT2D eigenvalue weighted by atomic mass is 10.2. The first-order chi connectivity index (χ1) is 15.0. The number of amides is 2. The average molecular weight is 441 g/mol. The standard InChI is InChI=1S/C23H25FN4O2S/c1-3-12-27(15-21(29)26-20-10-5-4-7-17(20)2)22(30)16-31-23-25-11-13-28(23)19-9-6-8-18(24)14-19/h4-11,13-14H,3,12,15-16H2,1-2H3,(H,26,29). The first-order valence-corrected chi connectivity index (χ1v) is 11.0. The Kier molecular flexibility index (Phi) is 7.83. The van der Waals surface area contributed by atoms with E-state index in [4.69, 9.17) is 0 Å². The molecule has 0 bridgehead atoms. The third-order valence-corrected chi connectivity index (χ3v) is 5.57. The summed E-state index contributed by atoms with van der Waals surface area (Å²) in [5.74, 6) is -0.598. The van der Waals surface area contributed by atoms with Crippen LogP contribution in [-0.2, 0) is 9.59 Å². The number of halogens is 1. The van der Waals surface area contributed by atoms with Crippen LogP contribution in [-0.4, -0.2) is 45.1 Å². The molecule has 8 heteroatoms. The van der Waals surface area contributed by atoms with E-state index in [1.54, 1.807) is 34.0 Å². The van der Waals surface area contributed by atoms with Crippen molar-refractivity contribution in [3.8, 4) is 5.69 Å². The molecule has 1 heterocycles. The predicted octanol–water partition coefficient (Wildman–Crippen LogP) is 4.29. The molecule has 3 aromatic rings. The summed E-state index contributed by atoms with van der Waals surface area (Å²) in [6, 6.07) is 13.7. The fourth-order valence-electron chi connectivity index (χ4n) is 3.07. The number of hydrogen-bond acceptors (Lipinski definition) is 4. The zero-order valence-corrected chi connectivity index (χ0v) is 18.4. The molecule has 0 atom stereocenters. The van der Waals surface area contributed by atoms with Crippen LogP contribution in [0.15, 0.2) is 66.1 Å². The first kappa shape index (κ1) is 22.6. The number of benzene rings is 2. The highest BCUT2D eigenvalue weighted by Gasteiger charge is 2.18. The van der Waals surface area contributed by atoms with Crippen LogP contribution in [0.1, 0.15) is 18.9 Å². The third-order valence-electron chi connectivity index (χ3n) is 4.62. The van der Waals surface area contributed by atoms with Crippen LogP contribution in [0, 0.1) is 12.7 Å². The molecule has 0 unspecified atom stereocenters. The smallest absolute Gasteiger partial charge is 0.244 e. The molecule has 1 N–H and O–H groups in total. The fraction of sp³-hybridized carbons (Fsp3) is 0.261. The molecule has 0 aliphatic carbocycles. The summed E-state index contributed by atoms with van der Waals surface area (Å²) in [6.07, 6.45) is 4.07. The summed E-state index contributed by atoms with van der Waals surface area (Å²) in [5.41, 5.74) is 2.34. The van der Waals surface area contributed by atoms with Gasteiger partial charge in [-0.15, -0.1) is 0 Å². The number of nitrogens with one attached hydrogen (secondary N) is 1. The highest BCUT2D eigenvalue weighted by atomic mass is 32.2. The van der Waals surface area contributed by atoms with E-state index in [1.807, 2.05) is 38.1 Å². The van der Waals surface area contributed by atoms with Crippen LogP contribution in [0.3, 0.4) is 0 Å². The lowest BCUT2D eigenvalue weighted by molar-refractivity contribution is -0.132. The Morgan fingerprint density at radius 3 is 2.74 bits per heavy atom. The van der Waals surface area contributed by atoms with Gasteiger partial charge >= 0.3 is 0 Å². The van der Waals surface area contributed by atoms with Gasteiger partial charge < -0.3 is 10.2 Å². The molecule has 0 fully saturated rings. The number of anilines is 1. The molecule has 1 aromatic heterocycles. The number of rotatable bonds is 9. The molecular formula is C23H25FN4O2S. The van der Waals surface area contributed by atoms with Crippen molar-refractivity contribution in [1.82, 2.24) is 14.5 Å². The normalized spacial score (nSPS) is 10.7.